The second-order valence-electron chi connectivity index (χ2n) is 5.81. The van der Waals surface area contributed by atoms with E-state index in [1.54, 1.807) is 0 Å². The topological polar surface area (TPSA) is 30.7 Å². The van der Waals surface area contributed by atoms with E-state index in [4.69, 9.17) is 11.6 Å². The predicted molar refractivity (Wildman–Crippen MR) is 68.2 cm³/mol. The zero-order valence-corrected chi connectivity index (χ0v) is 11.3. The van der Waals surface area contributed by atoms with Gasteiger partial charge in [0.05, 0.1) is 0 Å². The molecule has 0 bridgehead atoms. The van der Waals surface area contributed by atoms with Gasteiger partial charge in [0, 0.05) is 12.0 Å². The molecule has 17 heavy (non-hydrogen) atoms. The predicted octanol–water partition coefficient (Wildman–Crippen LogP) is 3.81. The molecule has 3 unspecified atom stereocenters. The Morgan fingerprint density at radius 2 is 1.88 bits per heavy atom. The molecule has 1 heterocycles. The number of hydrogen-bond donors (Lipinski definition) is 0. The number of aromatic nitrogens is 3. The molecule has 4 heteroatoms. The highest BCUT2D eigenvalue weighted by molar-refractivity contribution is 6.28. The standard InChI is InChI=1S/C13H20ClN3/c1-8-4-3-5-11(9(8)2)17-12(10-6-7-10)15-16-13(17)14/h8-11H,3-7H2,1-2H3. The van der Waals surface area contributed by atoms with Crippen LogP contribution in [-0.4, -0.2) is 14.8 Å². The molecule has 2 fully saturated rings. The summed E-state index contributed by atoms with van der Waals surface area (Å²) in [4.78, 5) is 0. The van der Waals surface area contributed by atoms with Gasteiger partial charge in [-0.15, -0.1) is 10.2 Å². The summed E-state index contributed by atoms with van der Waals surface area (Å²) >= 11 is 6.25. The van der Waals surface area contributed by atoms with Crippen molar-refractivity contribution in [2.45, 2.75) is 57.9 Å². The zero-order chi connectivity index (χ0) is 12.0. The van der Waals surface area contributed by atoms with Crippen molar-refractivity contribution >= 4 is 11.6 Å². The number of hydrogen-bond acceptors (Lipinski definition) is 2. The highest BCUT2D eigenvalue weighted by Crippen LogP contribution is 2.45. The highest BCUT2D eigenvalue weighted by atomic mass is 35.5. The average molecular weight is 254 g/mol. The lowest BCUT2D eigenvalue weighted by molar-refractivity contribution is 0.183. The highest BCUT2D eigenvalue weighted by Gasteiger charge is 2.36. The quantitative estimate of drug-likeness (QED) is 0.803. The largest absolute Gasteiger partial charge is 0.298 e. The van der Waals surface area contributed by atoms with Crippen LogP contribution in [0.2, 0.25) is 5.28 Å². The Hall–Kier alpha value is -0.570. The summed E-state index contributed by atoms with van der Waals surface area (Å²) in [5, 5.41) is 8.98. The molecule has 0 aliphatic heterocycles. The normalized spacial score (nSPS) is 33.9. The van der Waals surface area contributed by atoms with E-state index < -0.39 is 0 Å². The molecule has 0 N–H and O–H groups in total. The summed E-state index contributed by atoms with van der Waals surface area (Å²) in [7, 11) is 0. The number of halogens is 1. The van der Waals surface area contributed by atoms with Crippen LogP contribution in [0.25, 0.3) is 0 Å². The summed E-state index contributed by atoms with van der Waals surface area (Å²) in [6.07, 6.45) is 6.38. The molecule has 1 aromatic heterocycles. The van der Waals surface area contributed by atoms with Crippen molar-refractivity contribution in [1.82, 2.24) is 14.8 Å². The van der Waals surface area contributed by atoms with E-state index in [0.29, 0.717) is 23.2 Å². The summed E-state index contributed by atoms with van der Waals surface area (Å²) in [5.41, 5.74) is 0. The van der Waals surface area contributed by atoms with Crippen LogP contribution in [0.3, 0.4) is 0 Å². The van der Waals surface area contributed by atoms with Crippen molar-refractivity contribution in [1.29, 1.82) is 0 Å². The lowest BCUT2D eigenvalue weighted by Gasteiger charge is -2.35. The molecule has 0 aromatic carbocycles. The van der Waals surface area contributed by atoms with Crippen molar-refractivity contribution in [2.24, 2.45) is 11.8 Å². The summed E-state index contributed by atoms with van der Waals surface area (Å²) in [6.45, 7) is 4.70. The SMILES string of the molecule is CC1CCCC(n2c(Cl)nnc2C2CC2)C1C. The van der Waals surface area contributed by atoms with Gasteiger partial charge in [-0.25, -0.2) is 0 Å². The molecule has 0 amide bonds. The van der Waals surface area contributed by atoms with Crippen LogP contribution < -0.4 is 0 Å². The third-order valence-corrected chi connectivity index (χ3v) is 4.88. The molecular formula is C13H20ClN3. The smallest absolute Gasteiger partial charge is 0.225 e. The van der Waals surface area contributed by atoms with Gasteiger partial charge in [0.25, 0.3) is 0 Å². The van der Waals surface area contributed by atoms with Gasteiger partial charge in [-0.2, -0.15) is 0 Å². The molecule has 2 saturated carbocycles. The van der Waals surface area contributed by atoms with Crippen molar-refractivity contribution in [2.75, 3.05) is 0 Å². The van der Waals surface area contributed by atoms with Gasteiger partial charge in [0.1, 0.15) is 5.82 Å². The lowest BCUT2D eigenvalue weighted by Crippen LogP contribution is -2.28. The van der Waals surface area contributed by atoms with Gasteiger partial charge in [-0.1, -0.05) is 26.7 Å². The van der Waals surface area contributed by atoms with Gasteiger partial charge in [0.15, 0.2) is 0 Å². The van der Waals surface area contributed by atoms with Crippen molar-refractivity contribution < 1.29 is 0 Å². The van der Waals surface area contributed by atoms with Crippen LogP contribution in [0.4, 0.5) is 0 Å². The Morgan fingerprint density at radius 3 is 2.59 bits per heavy atom. The Morgan fingerprint density at radius 1 is 1.12 bits per heavy atom. The first-order valence-corrected chi connectivity index (χ1v) is 7.16. The zero-order valence-electron chi connectivity index (χ0n) is 10.6. The maximum atomic E-state index is 6.25. The van der Waals surface area contributed by atoms with E-state index >= 15 is 0 Å². The van der Waals surface area contributed by atoms with Crippen molar-refractivity contribution in [3.8, 4) is 0 Å². The van der Waals surface area contributed by atoms with Crippen LogP contribution in [0.5, 0.6) is 0 Å². The molecule has 0 spiro atoms. The van der Waals surface area contributed by atoms with Crippen molar-refractivity contribution in [3.63, 3.8) is 0 Å². The maximum Gasteiger partial charge on any atom is 0.225 e. The monoisotopic (exact) mass is 253 g/mol. The van der Waals surface area contributed by atoms with Gasteiger partial charge in [-0.05, 0) is 42.7 Å². The summed E-state index contributed by atoms with van der Waals surface area (Å²) in [6, 6.07) is 0.511. The van der Waals surface area contributed by atoms with Crippen LogP contribution in [0.1, 0.15) is 63.7 Å². The number of nitrogens with zero attached hydrogens (tertiary/aromatic N) is 3. The second kappa shape index (κ2) is 4.27. The molecule has 3 rings (SSSR count). The molecule has 0 saturated heterocycles. The minimum atomic E-state index is 0.511. The summed E-state index contributed by atoms with van der Waals surface area (Å²) < 4.78 is 2.24. The van der Waals surface area contributed by atoms with Gasteiger partial charge in [-0.3, -0.25) is 4.57 Å². The first kappa shape index (κ1) is 11.5. The van der Waals surface area contributed by atoms with Gasteiger partial charge >= 0.3 is 0 Å². The van der Waals surface area contributed by atoms with E-state index in [9.17, 15) is 0 Å². The first-order chi connectivity index (χ1) is 8.18. The number of rotatable bonds is 2. The fourth-order valence-corrected chi connectivity index (χ4v) is 3.38. The summed E-state index contributed by atoms with van der Waals surface area (Å²) in [5.74, 6) is 3.22. The molecular weight excluding hydrogens is 234 g/mol. The van der Waals surface area contributed by atoms with E-state index in [2.05, 4.69) is 28.6 Å². The van der Waals surface area contributed by atoms with E-state index in [1.807, 2.05) is 0 Å². The Balaban J connectivity index is 1.94. The Kier molecular flexibility index (Phi) is 2.89. The molecule has 3 atom stereocenters. The molecule has 2 aliphatic carbocycles. The maximum absolute atomic E-state index is 6.25. The Labute approximate surface area is 108 Å². The average Bonchev–Trinajstić information content (AvgIpc) is 3.08. The minimum Gasteiger partial charge on any atom is -0.298 e. The lowest BCUT2D eigenvalue weighted by atomic mass is 9.78. The fraction of sp³-hybridized carbons (Fsp3) is 0.846. The first-order valence-electron chi connectivity index (χ1n) is 6.78. The van der Waals surface area contributed by atoms with Crippen LogP contribution in [-0.2, 0) is 0 Å². The van der Waals surface area contributed by atoms with Crippen LogP contribution in [0.15, 0.2) is 0 Å². The molecule has 2 aliphatic rings. The molecule has 0 radical (unpaired) electrons. The third-order valence-electron chi connectivity index (χ3n) is 4.62. The third kappa shape index (κ3) is 1.99. The van der Waals surface area contributed by atoms with E-state index in [-0.39, 0.29) is 0 Å². The minimum absolute atomic E-state index is 0.511. The van der Waals surface area contributed by atoms with Gasteiger partial charge in [0.2, 0.25) is 5.28 Å². The van der Waals surface area contributed by atoms with Gasteiger partial charge < -0.3 is 0 Å². The van der Waals surface area contributed by atoms with Crippen LogP contribution >= 0.6 is 11.6 Å². The molecule has 3 nitrogen and oxygen atoms in total. The Bertz CT molecular complexity index is 411. The fourth-order valence-electron chi connectivity index (χ4n) is 3.13. The molecule has 1 aromatic rings. The van der Waals surface area contributed by atoms with Crippen molar-refractivity contribution in [3.05, 3.63) is 11.1 Å². The van der Waals surface area contributed by atoms with E-state index in [0.717, 1.165) is 11.7 Å². The second-order valence-corrected chi connectivity index (χ2v) is 6.14. The van der Waals surface area contributed by atoms with E-state index in [1.165, 1.54) is 32.1 Å². The van der Waals surface area contributed by atoms with Crippen LogP contribution in [0, 0.1) is 11.8 Å². The molecule has 94 valence electrons.